The molecule has 4 heteroatoms. The van der Waals surface area contributed by atoms with Crippen molar-refractivity contribution in [2.75, 3.05) is 6.61 Å². The molecule has 0 aromatic heterocycles. The fourth-order valence-electron chi connectivity index (χ4n) is 1.30. The van der Waals surface area contributed by atoms with E-state index in [1.807, 2.05) is 0 Å². The zero-order chi connectivity index (χ0) is 12.7. The third kappa shape index (κ3) is 4.04. The van der Waals surface area contributed by atoms with Crippen molar-refractivity contribution in [2.24, 2.45) is 0 Å². The smallest absolute Gasteiger partial charge is 0.258 e. The van der Waals surface area contributed by atoms with Gasteiger partial charge in [0.15, 0.2) is 0 Å². The summed E-state index contributed by atoms with van der Waals surface area (Å²) in [4.78, 5) is 21.9. The molecule has 1 aliphatic heterocycles. The Labute approximate surface area is 107 Å². The van der Waals surface area contributed by atoms with Gasteiger partial charge in [0.05, 0.1) is 11.1 Å². The van der Waals surface area contributed by atoms with E-state index in [1.54, 1.807) is 24.3 Å². The van der Waals surface area contributed by atoms with Crippen LogP contribution >= 0.6 is 0 Å². The van der Waals surface area contributed by atoms with Crippen LogP contribution in [0, 0.1) is 12.3 Å². The quantitative estimate of drug-likeness (QED) is 0.474. The molecule has 0 spiro atoms. The van der Waals surface area contributed by atoms with E-state index in [0.29, 0.717) is 17.5 Å². The van der Waals surface area contributed by atoms with E-state index in [2.05, 4.69) is 11.2 Å². The lowest BCUT2D eigenvalue weighted by atomic mass is 10.1. The van der Waals surface area contributed by atoms with Gasteiger partial charge in [-0.3, -0.25) is 14.9 Å². The number of fused-ring (bicyclic) bond motifs is 1. The molecule has 0 aliphatic carbocycles. The number of imide groups is 1. The topological polar surface area (TPSA) is 66.4 Å². The maximum atomic E-state index is 10.9. The maximum Gasteiger partial charge on any atom is 0.258 e. The minimum absolute atomic E-state index is 0. The van der Waals surface area contributed by atoms with Crippen LogP contribution in [-0.4, -0.2) is 23.5 Å². The summed E-state index contributed by atoms with van der Waals surface area (Å²) >= 11 is 0. The van der Waals surface area contributed by atoms with Crippen molar-refractivity contribution in [2.45, 2.75) is 20.3 Å². The van der Waals surface area contributed by atoms with Crippen LogP contribution in [0.5, 0.6) is 0 Å². The zero-order valence-corrected chi connectivity index (χ0v) is 9.27. The molecule has 0 unspecified atom stereocenters. The summed E-state index contributed by atoms with van der Waals surface area (Å²) in [5, 5.41) is 10.3. The molecule has 0 saturated heterocycles. The minimum Gasteiger partial charge on any atom is -0.396 e. The first-order chi connectivity index (χ1) is 8.20. The minimum atomic E-state index is -0.300. The Morgan fingerprint density at radius 2 is 1.67 bits per heavy atom. The molecular weight excluding hydrogens is 230 g/mol. The summed E-state index contributed by atoms with van der Waals surface area (Å²) in [5.41, 5.74) is 0.940. The van der Waals surface area contributed by atoms with Crippen molar-refractivity contribution in [3.05, 3.63) is 35.4 Å². The molecule has 1 aromatic rings. The summed E-state index contributed by atoms with van der Waals surface area (Å²) in [7, 11) is 0. The molecule has 0 bridgehead atoms. The van der Waals surface area contributed by atoms with Crippen LogP contribution in [0.2, 0.25) is 0 Å². The standard InChI is InChI=1S/C8H5NO2.C5H8O.CH4/c10-7-5-3-1-2-4-6(5)8(11)9-7;1-2-3-4-5-6;/h1-4H,(H,9,10,11);1,6H,3-5H2;1H4. The van der Waals surface area contributed by atoms with E-state index in [1.165, 1.54) is 0 Å². The van der Waals surface area contributed by atoms with Gasteiger partial charge in [0.25, 0.3) is 11.8 Å². The second-order valence-corrected chi connectivity index (χ2v) is 3.36. The molecule has 0 radical (unpaired) electrons. The van der Waals surface area contributed by atoms with E-state index < -0.39 is 0 Å². The van der Waals surface area contributed by atoms with Crippen molar-refractivity contribution < 1.29 is 14.7 Å². The number of terminal acetylenes is 1. The highest BCUT2D eigenvalue weighted by Gasteiger charge is 2.25. The van der Waals surface area contributed by atoms with Crippen LogP contribution in [0.15, 0.2) is 24.3 Å². The number of hydrogen-bond acceptors (Lipinski definition) is 3. The van der Waals surface area contributed by atoms with Gasteiger partial charge in [-0.1, -0.05) is 19.6 Å². The zero-order valence-electron chi connectivity index (χ0n) is 9.27. The van der Waals surface area contributed by atoms with Crippen molar-refractivity contribution in [1.82, 2.24) is 5.32 Å². The number of carbonyl (C=O) groups excluding carboxylic acids is 2. The van der Waals surface area contributed by atoms with Gasteiger partial charge in [-0.15, -0.1) is 12.3 Å². The molecule has 0 fully saturated rings. The van der Waals surface area contributed by atoms with Gasteiger partial charge in [0, 0.05) is 13.0 Å². The third-order valence-corrected chi connectivity index (χ3v) is 2.12. The lowest BCUT2D eigenvalue weighted by Gasteiger charge is -1.88. The molecule has 1 aliphatic rings. The number of aliphatic hydroxyl groups is 1. The van der Waals surface area contributed by atoms with Gasteiger partial charge in [0.1, 0.15) is 0 Å². The fraction of sp³-hybridized carbons (Fsp3) is 0.286. The number of unbranched alkanes of at least 4 members (excludes halogenated alkanes) is 1. The van der Waals surface area contributed by atoms with E-state index in [4.69, 9.17) is 11.5 Å². The summed E-state index contributed by atoms with van der Waals surface area (Å²) in [6.07, 6.45) is 6.28. The molecule has 1 heterocycles. The SMILES string of the molecule is C.C#CCCCO.O=C1NC(=O)c2ccccc21. The molecule has 0 atom stereocenters. The summed E-state index contributed by atoms with van der Waals surface area (Å²) < 4.78 is 0. The van der Waals surface area contributed by atoms with Crippen LogP contribution in [0.4, 0.5) is 0 Å². The molecule has 18 heavy (non-hydrogen) atoms. The van der Waals surface area contributed by atoms with Crippen molar-refractivity contribution >= 4 is 11.8 Å². The number of carbonyl (C=O) groups is 2. The average molecular weight is 247 g/mol. The Hall–Kier alpha value is -2.12. The number of aliphatic hydroxyl groups excluding tert-OH is 1. The first-order valence-corrected chi connectivity index (χ1v) is 5.19. The number of nitrogens with one attached hydrogen (secondary N) is 1. The van der Waals surface area contributed by atoms with Crippen LogP contribution in [0.25, 0.3) is 0 Å². The number of amides is 2. The van der Waals surface area contributed by atoms with Crippen molar-refractivity contribution in [3.63, 3.8) is 0 Å². The Bertz CT molecular complexity index is 427. The van der Waals surface area contributed by atoms with Gasteiger partial charge in [-0.25, -0.2) is 0 Å². The molecule has 2 rings (SSSR count). The molecule has 1 aromatic carbocycles. The van der Waals surface area contributed by atoms with Crippen molar-refractivity contribution in [1.29, 1.82) is 0 Å². The fourth-order valence-corrected chi connectivity index (χ4v) is 1.30. The molecule has 2 amide bonds. The molecule has 2 N–H and O–H groups in total. The Kier molecular flexibility index (Phi) is 7.10. The Balaban J connectivity index is 0.000000362. The van der Waals surface area contributed by atoms with Crippen LogP contribution in [-0.2, 0) is 0 Å². The maximum absolute atomic E-state index is 10.9. The lowest BCUT2D eigenvalue weighted by molar-refractivity contribution is 0.0879. The Morgan fingerprint density at radius 3 is 2.00 bits per heavy atom. The van der Waals surface area contributed by atoms with Gasteiger partial charge in [-0.2, -0.15) is 0 Å². The second-order valence-electron chi connectivity index (χ2n) is 3.36. The summed E-state index contributed by atoms with van der Waals surface area (Å²) in [6.45, 7) is 0.212. The number of rotatable bonds is 2. The summed E-state index contributed by atoms with van der Waals surface area (Å²) in [6, 6.07) is 6.74. The van der Waals surface area contributed by atoms with E-state index in [9.17, 15) is 9.59 Å². The highest BCUT2D eigenvalue weighted by atomic mass is 16.3. The van der Waals surface area contributed by atoms with Crippen molar-refractivity contribution in [3.8, 4) is 12.3 Å². The molecular formula is C14H17NO3. The predicted molar refractivity (Wildman–Crippen MR) is 70.1 cm³/mol. The number of benzene rings is 1. The highest BCUT2D eigenvalue weighted by Crippen LogP contribution is 2.13. The van der Waals surface area contributed by atoms with Gasteiger partial charge < -0.3 is 5.11 Å². The lowest BCUT2D eigenvalue weighted by Crippen LogP contribution is -2.19. The van der Waals surface area contributed by atoms with Crippen LogP contribution in [0.3, 0.4) is 0 Å². The summed E-state index contributed by atoms with van der Waals surface area (Å²) in [5.74, 6) is 1.81. The molecule has 0 saturated carbocycles. The van der Waals surface area contributed by atoms with E-state index in [-0.39, 0.29) is 25.8 Å². The first-order valence-electron chi connectivity index (χ1n) is 5.19. The van der Waals surface area contributed by atoms with Crippen LogP contribution in [0.1, 0.15) is 41.0 Å². The van der Waals surface area contributed by atoms with Gasteiger partial charge in [0.2, 0.25) is 0 Å². The van der Waals surface area contributed by atoms with E-state index in [0.717, 1.165) is 6.42 Å². The predicted octanol–water partition coefficient (Wildman–Crippen LogP) is 1.60. The third-order valence-electron chi connectivity index (χ3n) is 2.12. The van der Waals surface area contributed by atoms with E-state index >= 15 is 0 Å². The average Bonchev–Trinajstić information content (AvgIpc) is 2.64. The molecule has 96 valence electrons. The normalized spacial score (nSPS) is 11.3. The van der Waals surface area contributed by atoms with Gasteiger partial charge >= 0.3 is 0 Å². The highest BCUT2D eigenvalue weighted by molar-refractivity contribution is 6.21. The molecule has 4 nitrogen and oxygen atoms in total. The Morgan fingerprint density at radius 1 is 1.17 bits per heavy atom. The largest absolute Gasteiger partial charge is 0.396 e. The van der Waals surface area contributed by atoms with Crippen LogP contribution < -0.4 is 5.32 Å². The first kappa shape index (κ1) is 15.9. The second kappa shape index (κ2) is 8.04. The number of hydrogen-bond donors (Lipinski definition) is 2. The monoisotopic (exact) mass is 247 g/mol. The van der Waals surface area contributed by atoms with Gasteiger partial charge in [-0.05, 0) is 18.6 Å².